The van der Waals surface area contributed by atoms with Gasteiger partial charge in [-0.15, -0.1) is 11.6 Å². The third kappa shape index (κ3) is 3.31. The Morgan fingerprint density at radius 3 is 2.56 bits per heavy atom. The molecule has 1 aromatic heterocycles. The molecule has 3 nitrogen and oxygen atoms in total. The second-order valence-electron chi connectivity index (χ2n) is 3.80. The number of rotatable bonds is 4. The minimum Gasteiger partial charge on any atom is -0.349 e. The predicted octanol–water partition coefficient (Wildman–Crippen LogP) is 2.79. The van der Waals surface area contributed by atoms with Crippen molar-refractivity contribution in [3.8, 4) is 0 Å². The summed E-state index contributed by atoms with van der Waals surface area (Å²) < 4.78 is 0. The van der Waals surface area contributed by atoms with E-state index in [1.165, 1.54) is 0 Å². The third-order valence-electron chi connectivity index (χ3n) is 2.50. The molecule has 0 saturated carbocycles. The van der Waals surface area contributed by atoms with Crippen LogP contribution in [0.5, 0.6) is 0 Å². The summed E-state index contributed by atoms with van der Waals surface area (Å²) in [6, 6.07) is 14.9. The molecule has 0 saturated heterocycles. The van der Waals surface area contributed by atoms with Gasteiger partial charge in [-0.2, -0.15) is 0 Å². The molecular weight excluding hydrogens is 248 g/mol. The minimum absolute atomic E-state index is 0.211. The SMILES string of the molecule is O=C(NC[C@@H](Cl)c1ccccc1)c1ccccn1. The topological polar surface area (TPSA) is 42.0 Å². The first kappa shape index (κ1) is 12.6. The van der Waals surface area contributed by atoms with Crippen molar-refractivity contribution in [2.24, 2.45) is 0 Å². The molecule has 1 aromatic carbocycles. The van der Waals surface area contributed by atoms with Crippen LogP contribution < -0.4 is 5.32 Å². The monoisotopic (exact) mass is 260 g/mol. The molecule has 1 N–H and O–H groups in total. The number of nitrogens with one attached hydrogen (secondary N) is 1. The van der Waals surface area contributed by atoms with Crippen molar-refractivity contribution >= 4 is 17.5 Å². The molecule has 0 aliphatic rings. The lowest BCUT2D eigenvalue weighted by molar-refractivity contribution is 0.0948. The maximum absolute atomic E-state index is 11.7. The van der Waals surface area contributed by atoms with E-state index in [1.54, 1.807) is 24.4 Å². The molecule has 0 spiro atoms. The Balaban J connectivity index is 1.91. The van der Waals surface area contributed by atoms with E-state index in [-0.39, 0.29) is 11.3 Å². The molecule has 18 heavy (non-hydrogen) atoms. The van der Waals surface area contributed by atoms with Crippen molar-refractivity contribution in [3.63, 3.8) is 0 Å². The summed E-state index contributed by atoms with van der Waals surface area (Å²) in [5.74, 6) is -0.211. The van der Waals surface area contributed by atoms with Crippen molar-refractivity contribution in [1.82, 2.24) is 10.3 Å². The Kier molecular flexibility index (Phi) is 4.31. The number of alkyl halides is 1. The van der Waals surface area contributed by atoms with Crippen molar-refractivity contribution in [3.05, 3.63) is 66.0 Å². The van der Waals surface area contributed by atoms with E-state index in [1.807, 2.05) is 30.3 Å². The van der Waals surface area contributed by atoms with Crippen LogP contribution in [0.3, 0.4) is 0 Å². The van der Waals surface area contributed by atoms with E-state index >= 15 is 0 Å². The highest BCUT2D eigenvalue weighted by Crippen LogP contribution is 2.18. The van der Waals surface area contributed by atoms with Crippen molar-refractivity contribution in [1.29, 1.82) is 0 Å². The van der Waals surface area contributed by atoms with Crippen LogP contribution >= 0.6 is 11.6 Å². The van der Waals surface area contributed by atoms with Crippen LogP contribution in [0.2, 0.25) is 0 Å². The Bertz CT molecular complexity index is 502. The zero-order chi connectivity index (χ0) is 12.8. The Labute approximate surface area is 111 Å². The largest absolute Gasteiger partial charge is 0.349 e. The number of hydrogen-bond donors (Lipinski definition) is 1. The average molecular weight is 261 g/mol. The van der Waals surface area contributed by atoms with Gasteiger partial charge in [0.2, 0.25) is 0 Å². The van der Waals surface area contributed by atoms with Crippen LogP contribution in [0.25, 0.3) is 0 Å². The number of hydrogen-bond acceptors (Lipinski definition) is 2. The van der Waals surface area contributed by atoms with Gasteiger partial charge in [0.05, 0.1) is 5.38 Å². The summed E-state index contributed by atoms with van der Waals surface area (Å²) in [4.78, 5) is 15.7. The summed E-state index contributed by atoms with van der Waals surface area (Å²) in [5, 5.41) is 2.53. The highest BCUT2D eigenvalue weighted by Gasteiger charge is 2.10. The molecule has 0 aliphatic heterocycles. The summed E-state index contributed by atoms with van der Waals surface area (Å²) in [6.07, 6.45) is 1.59. The van der Waals surface area contributed by atoms with Crippen molar-refractivity contribution in [2.45, 2.75) is 5.38 Å². The first-order valence-corrected chi connectivity index (χ1v) is 6.09. The number of carbonyl (C=O) groups excluding carboxylic acids is 1. The smallest absolute Gasteiger partial charge is 0.269 e. The van der Waals surface area contributed by atoms with Crippen LogP contribution in [0, 0.1) is 0 Å². The van der Waals surface area contributed by atoms with Crippen molar-refractivity contribution in [2.75, 3.05) is 6.54 Å². The molecule has 1 amide bonds. The normalized spacial score (nSPS) is 11.8. The fourth-order valence-corrected chi connectivity index (χ4v) is 1.77. The maximum Gasteiger partial charge on any atom is 0.269 e. The molecule has 92 valence electrons. The average Bonchev–Trinajstić information content (AvgIpc) is 2.46. The molecule has 0 bridgehead atoms. The Hall–Kier alpha value is -1.87. The lowest BCUT2D eigenvalue weighted by atomic mass is 10.1. The van der Waals surface area contributed by atoms with Crippen LogP contribution in [-0.4, -0.2) is 17.4 Å². The van der Waals surface area contributed by atoms with Gasteiger partial charge in [0, 0.05) is 12.7 Å². The lowest BCUT2D eigenvalue weighted by Gasteiger charge is -2.10. The number of pyridine rings is 1. The zero-order valence-electron chi connectivity index (χ0n) is 9.71. The van der Waals surface area contributed by atoms with Gasteiger partial charge in [0.1, 0.15) is 5.69 Å². The van der Waals surface area contributed by atoms with Crippen LogP contribution in [0.15, 0.2) is 54.7 Å². The highest BCUT2D eigenvalue weighted by atomic mass is 35.5. The molecule has 4 heteroatoms. The molecule has 2 rings (SSSR count). The molecule has 0 radical (unpaired) electrons. The Morgan fingerprint density at radius 2 is 1.89 bits per heavy atom. The molecule has 1 heterocycles. The van der Waals surface area contributed by atoms with Gasteiger partial charge in [-0.05, 0) is 17.7 Å². The highest BCUT2D eigenvalue weighted by molar-refractivity contribution is 6.21. The van der Waals surface area contributed by atoms with Gasteiger partial charge in [-0.3, -0.25) is 9.78 Å². The van der Waals surface area contributed by atoms with E-state index in [4.69, 9.17) is 11.6 Å². The molecule has 0 aliphatic carbocycles. The quantitative estimate of drug-likeness (QED) is 0.859. The van der Waals surface area contributed by atoms with Gasteiger partial charge >= 0.3 is 0 Å². The van der Waals surface area contributed by atoms with E-state index in [2.05, 4.69) is 10.3 Å². The lowest BCUT2D eigenvalue weighted by Crippen LogP contribution is -2.27. The summed E-state index contributed by atoms with van der Waals surface area (Å²) >= 11 is 6.20. The summed E-state index contributed by atoms with van der Waals surface area (Å²) in [6.45, 7) is 0.376. The first-order chi connectivity index (χ1) is 8.77. The van der Waals surface area contributed by atoms with E-state index in [0.29, 0.717) is 12.2 Å². The molecular formula is C14H13ClN2O. The minimum atomic E-state index is -0.237. The number of amides is 1. The van der Waals surface area contributed by atoms with Gasteiger partial charge < -0.3 is 5.32 Å². The van der Waals surface area contributed by atoms with Crippen LogP contribution in [-0.2, 0) is 0 Å². The molecule has 0 fully saturated rings. The second kappa shape index (κ2) is 6.17. The third-order valence-corrected chi connectivity index (χ3v) is 2.91. The number of carbonyl (C=O) groups is 1. The Morgan fingerprint density at radius 1 is 1.17 bits per heavy atom. The van der Waals surface area contributed by atoms with Crippen molar-refractivity contribution < 1.29 is 4.79 Å². The van der Waals surface area contributed by atoms with Gasteiger partial charge in [-0.25, -0.2) is 0 Å². The maximum atomic E-state index is 11.7. The predicted molar refractivity (Wildman–Crippen MR) is 71.6 cm³/mol. The van der Waals surface area contributed by atoms with Gasteiger partial charge in [0.15, 0.2) is 0 Å². The van der Waals surface area contributed by atoms with Crippen LogP contribution in [0.1, 0.15) is 21.4 Å². The standard InChI is InChI=1S/C14H13ClN2O/c15-12(11-6-2-1-3-7-11)10-17-14(18)13-8-4-5-9-16-13/h1-9,12H,10H2,(H,17,18)/t12-/m1/s1. The number of benzene rings is 1. The van der Waals surface area contributed by atoms with Gasteiger partial charge in [0.25, 0.3) is 5.91 Å². The molecule has 2 aromatic rings. The molecule has 1 atom stereocenters. The van der Waals surface area contributed by atoms with E-state index < -0.39 is 0 Å². The fraction of sp³-hybridized carbons (Fsp3) is 0.143. The summed E-state index contributed by atoms with van der Waals surface area (Å²) in [5.41, 5.74) is 1.38. The molecule has 0 unspecified atom stereocenters. The summed E-state index contributed by atoms with van der Waals surface area (Å²) in [7, 11) is 0. The number of halogens is 1. The zero-order valence-corrected chi connectivity index (χ0v) is 10.5. The van der Waals surface area contributed by atoms with Crippen LogP contribution in [0.4, 0.5) is 0 Å². The number of nitrogens with zero attached hydrogens (tertiary/aromatic N) is 1. The van der Waals surface area contributed by atoms with Gasteiger partial charge in [-0.1, -0.05) is 36.4 Å². The van der Waals surface area contributed by atoms with E-state index in [0.717, 1.165) is 5.56 Å². The van der Waals surface area contributed by atoms with E-state index in [9.17, 15) is 4.79 Å². The fourth-order valence-electron chi connectivity index (χ4n) is 1.55. The first-order valence-electron chi connectivity index (χ1n) is 5.65. The number of aromatic nitrogens is 1. The second-order valence-corrected chi connectivity index (χ2v) is 4.33.